The SMILES string of the molecule is COc1ccc2nccc(C(O)CC(NC(=O)O)C3CCCNC3)c2c1. The molecule has 1 amide bonds. The third-order valence-corrected chi connectivity index (χ3v) is 5.03. The normalized spacial score (nSPS) is 19.7. The van der Waals surface area contributed by atoms with Crippen LogP contribution >= 0.6 is 0 Å². The van der Waals surface area contributed by atoms with Crippen LogP contribution in [-0.4, -0.2) is 47.5 Å². The van der Waals surface area contributed by atoms with Gasteiger partial charge >= 0.3 is 6.09 Å². The van der Waals surface area contributed by atoms with Gasteiger partial charge in [-0.1, -0.05) is 0 Å². The Morgan fingerprint density at radius 3 is 3.00 bits per heavy atom. The third-order valence-electron chi connectivity index (χ3n) is 5.03. The summed E-state index contributed by atoms with van der Waals surface area (Å²) in [7, 11) is 1.59. The first-order valence-electron chi connectivity index (χ1n) is 8.89. The molecule has 1 aliphatic rings. The monoisotopic (exact) mass is 359 g/mol. The van der Waals surface area contributed by atoms with Gasteiger partial charge in [0.25, 0.3) is 0 Å². The van der Waals surface area contributed by atoms with Gasteiger partial charge in [0.2, 0.25) is 0 Å². The van der Waals surface area contributed by atoms with Crippen LogP contribution in [0.5, 0.6) is 5.75 Å². The molecule has 140 valence electrons. The fourth-order valence-electron chi connectivity index (χ4n) is 3.68. The molecule has 26 heavy (non-hydrogen) atoms. The van der Waals surface area contributed by atoms with Crippen molar-refractivity contribution < 1.29 is 19.7 Å². The first-order chi connectivity index (χ1) is 12.6. The van der Waals surface area contributed by atoms with Crippen LogP contribution in [0.25, 0.3) is 10.9 Å². The van der Waals surface area contributed by atoms with Crippen molar-refractivity contribution in [3.63, 3.8) is 0 Å². The lowest BCUT2D eigenvalue weighted by atomic mass is 9.86. The standard InChI is InChI=1S/C19H25N3O4/c1-26-13-4-5-16-15(9-13)14(6-8-21-16)18(23)10-17(22-19(24)25)12-3-2-7-20-11-12/h4-6,8-9,12,17-18,20,22-23H,2-3,7,10-11H2,1H3,(H,24,25). The van der Waals surface area contributed by atoms with E-state index < -0.39 is 12.2 Å². The molecule has 2 aromatic rings. The maximum Gasteiger partial charge on any atom is 0.404 e. The maximum absolute atomic E-state index is 11.2. The van der Waals surface area contributed by atoms with E-state index >= 15 is 0 Å². The van der Waals surface area contributed by atoms with E-state index in [1.54, 1.807) is 19.4 Å². The topological polar surface area (TPSA) is 104 Å². The molecule has 1 aromatic heterocycles. The molecule has 3 unspecified atom stereocenters. The number of rotatable bonds is 6. The minimum absolute atomic E-state index is 0.164. The van der Waals surface area contributed by atoms with Gasteiger partial charge in [0.15, 0.2) is 0 Å². The minimum Gasteiger partial charge on any atom is -0.497 e. The lowest BCUT2D eigenvalue weighted by Gasteiger charge is -2.32. The largest absolute Gasteiger partial charge is 0.497 e. The highest BCUT2D eigenvalue weighted by Gasteiger charge is 2.28. The molecule has 1 aliphatic heterocycles. The second-order valence-electron chi connectivity index (χ2n) is 6.70. The number of aliphatic hydroxyl groups is 1. The average molecular weight is 359 g/mol. The van der Waals surface area contributed by atoms with Gasteiger partial charge in [-0.15, -0.1) is 0 Å². The molecule has 1 aromatic carbocycles. The minimum atomic E-state index is -1.06. The van der Waals surface area contributed by atoms with Crippen LogP contribution in [0.2, 0.25) is 0 Å². The van der Waals surface area contributed by atoms with E-state index in [9.17, 15) is 15.0 Å². The number of pyridine rings is 1. The summed E-state index contributed by atoms with van der Waals surface area (Å²) in [4.78, 5) is 15.6. The predicted molar refractivity (Wildman–Crippen MR) is 98.4 cm³/mol. The Labute approximate surface area is 152 Å². The van der Waals surface area contributed by atoms with Crippen LogP contribution in [0.4, 0.5) is 4.79 Å². The van der Waals surface area contributed by atoms with Crippen LogP contribution in [0, 0.1) is 5.92 Å². The summed E-state index contributed by atoms with van der Waals surface area (Å²) in [6.07, 6.45) is 2.06. The van der Waals surface area contributed by atoms with E-state index in [0.717, 1.165) is 42.4 Å². The summed E-state index contributed by atoms with van der Waals surface area (Å²) in [5.41, 5.74) is 1.50. The fraction of sp³-hybridized carbons (Fsp3) is 0.474. The Hall–Kier alpha value is -2.38. The molecule has 7 heteroatoms. The first kappa shape index (κ1) is 18.4. The summed E-state index contributed by atoms with van der Waals surface area (Å²) < 4.78 is 5.28. The molecular weight excluding hydrogens is 334 g/mol. The Balaban J connectivity index is 1.85. The van der Waals surface area contributed by atoms with Gasteiger partial charge < -0.3 is 25.6 Å². The summed E-state index contributed by atoms with van der Waals surface area (Å²) in [5.74, 6) is 0.854. The molecule has 3 atom stereocenters. The molecular formula is C19H25N3O4. The van der Waals surface area contributed by atoms with E-state index in [2.05, 4.69) is 15.6 Å². The number of nitrogens with one attached hydrogen (secondary N) is 2. The number of aromatic nitrogens is 1. The third kappa shape index (κ3) is 4.23. The number of hydrogen-bond donors (Lipinski definition) is 4. The summed E-state index contributed by atoms with van der Waals surface area (Å²) in [5, 5.41) is 26.8. The molecule has 2 heterocycles. The van der Waals surface area contributed by atoms with Crippen molar-refractivity contribution in [1.29, 1.82) is 0 Å². The van der Waals surface area contributed by atoms with Crippen LogP contribution < -0.4 is 15.4 Å². The van der Waals surface area contributed by atoms with Gasteiger partial charge in [-0.2, -0.15) is 0 Å². The van der Waals surface area contributed by atoms with Crippen molar-refractivity contribution in [2.45, 2.75) is 31.4 Å². The Morgan fingerprint density at radius 2 is 2.31 bits per heavy atom. The zero-order valence-electron chi connectivity index (χ0n) is 14.8. The summed E-state index contributed by atoms with van der Waals surface area (Å²) >= 11 is 0. The van der Waals surface area contributed by atoms with E-state index in [4.69, 9.17) is 4.74 Å². The number of carboxylic acid groups (broad SMARTS) is 1. The quantitative estimate of drug-likeness (QED) is 0.631. The van der Waals surface area contributed by atoms with Crippen molar-refractivity contribution >= 4 is 17.0 Å². The van der Waals surface area contributed by atoms with E-state index in [0.29, 0.717) is 12.2 Å². The number of aliphatic hydroxyl groups excluding tert-OH is 1. The summed E-state index contributed by atoms with van der Waals surface area (Å²) in [6, 6.07) is 6.99. The maximum atomic E-state index is 11.2. The molecule has 0 bridgehead atoms. The Bertz CT molecular complexity index is 762. The number of hydrogen-bond acceptors (Lipinski definition) is 5. The molecule has 0 radical (unpaired) electrons. The van der Waals surface area contributed by atoms with Gasteiger partial charge in [-0.05, 0) is 68.1 Å². The Kier molecular flexibility index (Phi) is 5.90. The number of ether oxygens (including phenoxy) is 1. The van der Waals surface area contributed by atoms with Crippen molar-refractivity contribution in [2.75, 3.05) is 20.2 Å². The van der Waals surface area contributed by atoms with Crippen molar-refractivity contribution in [3.05, 3.63) is 36.0 Å². The van der Waals surface area contributed by atoms with E-state index in [-0.39, 0.29) is 12.0 Å². The van der Waals surface area contributed by atoms with Gasteiger partial charge in [-0.3, -0.25) is 4.98 Å². The van der Waals surface area contributed by atoms with Crippen molar-refractivity contribution in [2.24, 2.45) is 5.92 Å². The number of carbonyl (C=O) groups is 1. The molecule has 0 spiro atoms. The van der Waals surface area contributed by atoms with Gasteiger partial charge in [-0.25, -0.2) is 4.79 Å². The fourth-order valence-corrected chi connectivity index (χ4v) is 3.68. The lowest BCUT2D eigenvalue weighted by molar-refractivity contribution is 0.126. The number of amides is 1. The van der Waals surface area contributed by atoms with Crippen molar-refractivity contribution in [1.82, 2.24) is 15.6 Å². The highest BCUT2D eigenvalue weighted by Crippen LogP contribution is 2.30. The number of piperidine rings is 1. The number of benzene rings is 1. The van der Waals surface area contributed by atoms with Crippen molar-refractivity contribution in [3.8, 4) is 5.75 Å². The number of fused-ring (bicyclic) bond motifs is 1. The molecule has 3 rings (SSSR count). The smallest absolute Gasteiger partial charge is 0.404 e. The van der Waals surface area contributed by atoms with Gasteiger partial charge in [0.05, 0.1) is 18.7 Å². The second kappa shape index (κ2) is 8.33. The van der Waals surface area contributed by atoms with Crippen LogP contribution in [0.1, 0.15) is 30.9 Å². The lowest BCUT2D eigenvalue weighted by Crippen LogP contribution is -2.46. The molecule has 0 aliphatic carbocycles. The highest BCUT2D eigenvalue weighted by atomic mass is 16.5. The second-order valence-corrected chi connectivity index (χ2v) is 6.70. The van der Waals surface area contributed by atoms with Crippen LogP contribution in [0.3, 0.4) is 0 Å². The Morgan fingerprint density at radius 1 is 1.46 bits per heavy atom. The van der Waals surface area contributed by atoms with Gasteiger partial charge in [0, 0.05) is 17.6 Å². The molecule has 4 N–H and O–H groups in total. The molecule has 1 fully saturated rings. The average Bonchev–Trinajstić information content (AvgIpc) is 2.66. The zero-order chi connectivity index (χ0) is 18.5. The van der Waals surface area contributed by atoms with Gasteiger partial charge in [0.1, 0.15) is 5.75 Å². The molecule has 0 saturated carbocycles. The first-order valence-corrected chi connectivity index (χ1v) is 8.89. The zero-order valence-corrected chi connectivity index (χ0v) is 14.8. The predicted octanol–water partition coefficient (Wildman–Crippen LogP) is 2.30. The molecule has 1 saturated heterocycles. The summed E-state index contributed by atoms with van der Waals surface area (Å²) in [6.45, 7) is 1.70. The number of nitrogens with zero attached hydrogens (tertiary/aromatic N) is 1. The van der Waals surface area contributed by atoms with E-state index in [1.165, 1.54) is 0 Å². The molecule has 7 nitrogen and oxygen atoms in total. The van der Waals surface area contributed by atoms with Crippen LogP contribution in [0.15, 0.2) is 30.5 Å². The highest BCUT2D eigenvalue weighted by molar-refractivity contribution is 5.83. The number of methoxy groups -OCH3 is 1. The van der Waals surface area contributed by atoms with E-state index in [1.807, 2.05) is 18.2 Å². The van der Waals surface area contributed by atoms with Crippen LogP contribution in [-0.2, 0) is 0 Å².